The summed E-state index contributed by atoms with van der Waals surface area (Å²) in [7, 11) is 0. The molecule has 2 atom stereocenters. The summed E-state index contributed by atoms with van der Waals surface area (Å²) >= 11 is 1.29. The predicted molar refractivity (Wildman–Crippen MR) is 86.6 cm³/mol. The fraction of sp³-hybridized carbons (Fsp3) is 0.400. The molecule has 1 unspecified atom stereocenters. The highest BCUT2D eigenvalue weighted by Gasteiger charge is 2.17. The molecule has 1 heterocycles. The monoisotopic (exact) mass is 338 g/mol. The molecule has 6 nitrogen and oxygen atoms in total. The Morgan fingerprint density at radius 3 is 2.83 bits per heavy atom. The lowest BCUT2D eigenvalue weighted by atomic mass is 10.2. The average molecular weight is 338 g/mol. The van der Waals surface area contributed by atoms with E-state index in [1.165, 1.54) is 23.5 Å². The van der Waals surface area contributed by atoms with E-state index in [0.29, 0.717) is 22.0 Å². The highest BCUT2D eigenvalue weighted by molar-refractivity contribution is 7.14. The number of hydrogen-bond donors (Lipinski definition) is 3. The number of aliphatic hydroxyl groups excluding tert-OH is 1. The molecule has 124 valence electrons. The van der Waals surface area contributed by atoms with Gasteiger partial charge in [0.05, 0.1) is 18.7 Å². The lowest BCUT2D eigenvalue weighted by molar-refractivity contribution is 0.212. The zero-order valence-corrected chi connectivity index (χ0v) is 13.7. The molecule has 0 spiro atoms. The van der Waals surface area contributed by atoms with Crippen LogP contribution in [0.25, 0.3) is 10.6 Å². The van der Waals surface area contributed by atoms with E-state index in [9.17, 15) is 9.18 Å². The molecular formula is C15H19FN4O2S. The molecule has 2 aromatic rings. The number of benzene rings is 1. The largest absolute Gasteiger partial charge is 0.394 e. The number of nitrogens with zero attached hydrogens (tertiary/aromatic N) is 2. The Morgan fingerprint density at radius 1 is 1.39 bits per heavy atom. The SMILES string of the molecule is CC[C@@H](CO)NC(=O)NC(C)c1nnc(-c2cccc(F)c2)s1. The smallest absolute Gasteiger partial charge is 0.315 e. The Balaban J connectivity index is 2.01. The lowest BCUT2D eigenvalue weighted by Crippen LogP contribution is -2.44. The minimum absolute atomic E-state index is 0.110. The molecule has 8 heteroatoms. The maximum absolute atomic E-state index is 13.2. The summed E-state index contributed by atoms with van der Waals surface area (Å²) < 4.78 is 13.2. The van der Waals surface area contributed by atoms with Gasteiger partial charge in [-0.2, -0.15) is 0 Å². The van der Waals surface area contributed by atoms with Crippen LogP contribution in [-0.2, 0) is 0 Å². The Kier molecular flexibility index (Phi) is 6.00. The molecule has 3 N–H and O–H groups in total. The molecule has 0 aliphatic rings. The third-order valence-electron chi connectivity index (χ3n) is 3.28. The molecule has 0 aliphatic carbocycles. The van der Waals surface area contributed by atoms with Crippen molar-refractivity contribution >= 4 is 17.4 Å². The van der Waals surface area contributed by atoms with Gasteiger partial charge in [-0.3, -0.25) is 0 Å². The van der Waals surface area contributed by atoms with Crippen LogP contribution in [-0.4, -0.2) is 34.0 Å². The number of hydrogen-bond acceptors (Lipinski definition) is 5. The first kappa shape index (κ1) is 17.3. The fourth-order valence-electron chi connectivity index (χ4n) is 1.91. The van der Waals surface area contributed by atoms with Gasteiger partial charge in [-0.1, -0.05) is 30.4 Å². The van der Waals surface area contributed by atoms with Crippen molar-refractivity contribution in [2.45, 2.75) is 32.4 Å². The summed E-state index contributed by atoms with van der Waals surface area (Å²) in [6, 6.07) is 5.13. The number of halogens is 1. The fourth-order valence-corrected chi connectivity index (χ4v) is 2.75. The van der Waals surface area contributed by atoms with E-state index in [0.717, 1.165) is 0 Å². The van der Waals surface area contributed by atoms with Crippen molar-refractivity contribution in [3.05, 3.63) is 35.1 Å². The normalized spacial score (nSPS) is 13.4. The van der Waals surface area contributed by atoms with Gasteiger partial charge >= 0.3 is 6.03 Å². The van der Waals surface area contributed by atoms with E-state index >= 15 is 0 Å². The molecule has 1 aromatic carbocycles. The summed E-state index contributed by atoms with van der Waals surface area (Å²) in [5.41, 5.74) is 0.650. The molecular weight excluding hydrogens is 319 g/mol. The van der Waals surface area contributed by atoms with E-state index in [1.54, 1.807) is 19.1 Å². The van der Waals surface area contributed by atoms with Crippen molar-refractivity contribution in [3.63, 3.8) is 0 Å². The van der Waals surface area contributed by atoms with Gasteiger partial charge in [0.1, 0.15) is 15.8 Å². The Morgan fingerprint density at radius 2 is 2.17 bits per heavy atom. The van der Waals surface area contributed by atoms with Crippen molar-refractivity contribution in [2.75, 3.05) is 6.61 Å². The zero-order chi connectivity index (χ0) is 16.8. The number of nitrogens with one attached hydrogen (secondary N) is 2. The molecule has 0 aliphatic heterocycles. The Hall–Kier alpha value is -2.06. The van der Waals surface area contributed by atoms with Crippen LogP contribution in [0.2, 0.25) is 0 Å². The average Bonchev–Trinajstić information content (AvgIpc) is 3.02. The standard InChI is InChI=1S/C15H19FN4O2S/c1-3-12(8-21)18-15(22)17-9(2)13-19-20-14(23-13)10-5-4-6-11(16)7-10/h4-7,9,12,21H,3,8H2,1-2H3,(H2,17,18,22)/t9?,12-/m0/s1. The second-order valence-electron chi connectivity index (χ2n) is 5.08. The van der Waals surface area contributed by atoms with E-state index in [-0.39, 0.29) is 30.5 Å². The quantitative estimate of drug-likeness (QED) is 0.755. The van der Waals surface area contributed by atoms with E-state index in [2.05, 4.69) is 20.8 Å². The molecule has 0 bridgehead atoms. The second kappa shape index (κ2) is 7.98. The molecule has 23 heavy (non-hydrogen) atoms. The van der Waals surface area contributed by atoms with E-state index in [4.69, 9.17) is 5.11 Å². The third-order valence-corrected chi connectivity index (χ3v) is 4.43. The van der Waals surface area contributed by atoms with Gasteiger partial charge in [-0.15, -0.1) is 10.2 Å². The van der Waals surface area contributed by atoms with Crippen LogP contribution in [0, 0.1) is 5.82 Å². The first-order chi connectivity index (χ1) is 11.0. The summed E-state index contributed by atoms with van der Waals surface area (Å²) in [6.07, 6.45) is 0.640. The summed E-state index contributed by atoms with van der Waals surface area (Å²) in [5.74, 6) is -0.334. The third kappa shape index (κ3) is 4.70. The van der Waals surface area contributed by atoms with Gasteiger partial charge in [0.25, 0.3) is 0 Å². The number of carbonyl (C=O) groups is 1. The van der Waals surface area contributed by atoms with Gasteiger partial charge in [-0.25, -0.2) is 9.18 Å². The summed E-state index contributed by atoms with van der Waals surface area (Å²) in [5, 5.41) is 23.8. The van der Waals surface area contributed by atoms with Crippen LogP contribution in [0.15, 0.2) is 24.3 Å². The van der Waals surface area contributed by atoms with E-state index < -0.39 is 0 Å². The van der Waals surface area contributed by atoms with Gasteiger partial charge in [0, 0.05) is 5.56 Å². The lowest BCUT2D eigenvalue weighted by Gasteiger charge is -2.17. The highest BCUT2D eigenvalue weighted by atomic mass is 32.1. The maximum atomic E-state index is 13.2. The molecule has 0 saturated carbocycles. The Bertz CT molecular complexity index is 660. The van der Waals surface area contributed by atoms with Crippen molar-refractivity contribution in [2.24, 2.45) is 0 Å². The first-order valence-electron chi connectivity index (χ1n) is 7.30. The van der Waals surface area contributed by atoms with Gasteiger partial charge in [0.2, 0.25) is 0 Å². The topological polar surface area (TPSA) is 87.1 Å². The van der Waals surface area contributed by atoms with Gasteiger partial charge < -0.3 is 15.7 Å². The Labute approximate surface area is 137 Å². The summed E-state index contributed by atoms with van der Waals surface area (Å²) in [6.45, 7) is 3.55. The number of rotatable bonds is 6. The van der Waals surface area contributed by atoms with Crippen LogP contribution in [0.4, 0.5) is 9.18 Å². The van der Waals surface area contributed by atoms with Crippen LogP contribution in [0.5, 0.6) is 0 Å². The predicted octanol–water partition coefficient (Wildman–Crippen LogP) is 2.48. The molecule has 0 radical (unpaired) electrons. The van der Waals surface area contributed by atoms with Crippen molar-refractivity contribution in [3.8, 4) is 10.6 Å². The van der Waals surface area contributed by atoms with E-state index in [1.807, 2.05) is 6.92 Å². The molecule has 2 amide bonds. The number of aliphatic hydroxyl groups is 1. The van der Waals surface area contributed by atoms with Crippen LogP contribution >= 0.6 is 11.3 Å². The minimum atomic E-state index is -0.374. The maximum Gasteiger partial charge on any atom is 0.315 e. The number of amides is 2. The number of carbonyl (C=O) groups excluding carboxylic acids is 1. The molecule has 0 fully saturated rings. The first-order valence-corrected chi connectivity index (χ1v) is 8.12. The second-order valence-corrected chi connectivity index (χ2v) is 6.09. The van der Waals surface area contributed by atoms with Gasteiger partial charge in [-0.05, 0) is 25.5 Å². The molecule has 0 saturated heterocycles. The van der Waals surface area contributed by atoms with Crippen molar-refractivity contribution in [1.82, 2.24) is 20.8 Å². The van der Waals surface area contributed by atoms with Crippen LogP contribution in [0.1, 0.15) is 31.3 Å². The number of urea groups is 1. The van der Waals surface area contributed by atoms with Crippen LogP contribution in [0.3, 0.4) is 0 Å². The van der Waals surface area contributed by atoms with Gasteiger partial charge in [0.15, 0.2) is 0 Å². The van der Waals surface area contributed by atoms with Crippen molar-refractivity contribution in [1.29, 1.82) is 0 Å². The highest BCUT2D eigenvalue weighted by Crippen LogP contribution is 2.26. The van der Waals surface area contributed by atoms with Crippen molar-refractivity contribution < 1.29 is 14.3 Å². The summed E-state index contributed by atoms with van der Waals surface area (Å²) in [4.78, 5) is 11.8. The molecule has 2 rings (SSSR count). The molecule has 1 aromatic heterocycles. The zero-order valence-electron chi connectivity index (χ0n) is 12.9. The minimum Gasteiger partial charge on any atom is -0.394 e. The van der Waals surface area contributed by atoms with Crippen LogP contribution < -0.4 is 10.6 Å². The number of aromatic nitrogens is 2.